The van der Waals surface area contributed by atoms with Crippen molar-refractivity contribution in [1.82, 2.24) is 5.32 Å². The van der Waals surface area contributed by atoms with E-state index in [1.807, 2.05) is 0 Å². The molecule has 106 valence electrons. The molecule has 2 rings (SSSR count). The van der Waals surface area contributed by atoms with Gasteiger partial charge in [-0.3, -0.25) is 0 Å². The lowest BCUT2D eigenvalue weighted by Crippen LogP contribution is -2.32. The third kappa shape index (κ3) is 4.07. The Morgan fingerprint density at radius 2 is 1.68 bits per heavy atom. The number of rotatable bonds is 5. The van der Waals surface area contributed by atoms with Crippen molar-refractivity contribution in [2.45, 2.75) is 64.3 Å². The van der Waals surface area contributed by atoms with Crippen molar-refractivity contribution in [3.8, 4) is 0 Å². The maximum atomic E-state index is 3.43. The van der Waals surface area contributed by atoms with E-state index in [0.717, 1.165) is 12.3 Å². The second kappa shape index (κ2) is 7.09. The summed E-state index contributed by atoms with van der Waals surface area (Å²) in [6.07, 6.45) is 8.20. The van der Waals surface area contributed by atoms with E-state index >= 15 is 0 Å². The first-order chi connectivity index (χ1) is 9.20. The Hall–Kier alpha value is -0.820. The fourth-order valence-corrected chi connectivity index (χ4v) is 3.29. The van der Waals surface area contributed by atoms with Gasteiger partial charge in [0, 0.05) is 6.04 Å². The summed E-state index contributed by atoms with van der Waals surface area (Å²) in [6, 6.07) is 10.0. The number of benzene rings is 1. The smallest absolute Gasteiger partial charge is 0.0127 e. The van der Waals surface area contributed by atoms with Crippen molar-refractivity contribution < 1.29 is 0 Å². The highest BCUT2D eigenvalue weighted by molar-refractivity contribution is 5.26. The minimum Gasteiger partial charge on any atom is -0.316 e. The fraction of sp³-hybridized carbons (Fsp3) is 0.667. The summed E-state index contributed by atoms with van der Waals surface area (Å²) in [7, 11) is 2.07. The predicted molar refractivity (Wildman–Crippen MR) is 83.7 cm³/mol. The Bertz CT molecular complexity index is 360. The first-order valence-corrected chi connectivity index (χ1v) is 7.97. The van der Waals surface area contributed by atoms with Crippen LogP contribution in [0.1, 0.15) is 63.0 Å². The van der Waals surface area contributed by atoms with Gasteiger partial charge in [-0.2, -0.15) is 0 Å². The molecular formula is C18H29N. The lowest BCUT2D eigenvalue weighted by molar-refractivity contribution is 0.424. The van der Waals surface area contributed by atoms with Crippen LogP contribution in [0.2, 0.25) is 0 Å². The average Bonchev–Trinajstić information content (AvgIpc) is 2.46. The van der Waals surface area contributed by atoms with E-state index in [2.05, 4.69) is 50.5 Å². The molecular weight excluding hydrogens is 230 g/mol. The standard InChI is InChI=1S/C18H29N/c1-14(2)18(19-3)13-15-9-11-17(12-10-15)16-7-5-4-6-8-16/h9-12,14,16,18-19H,4-8,13H2,1-3H3. The first-order valence-electron chi connectivity index (χ1n) is 7.97. The second-order valence-corrected chi connectivity index (χ2v) is 6.42. The third-order valence-corrected chi connectivity index (χ3v) is 4.69. The number of hydrogen-bond donors (Lipinski definition) is 1. The predicted octanol–water partition coefficient (Wildman–Crippen LogP) is 4.52. The Kier molecular flexibility index (Phi) is 5.45. The van der Waals surface area contributed by atoms with Gasteiger partial charge in [0.1, 0.15) is 0 Å². The van der Waals surface area contributed by atoms with Crippen LogP contribution in [0.25, 0.3) is 0 Å². The van der Waals surface area contributed by atoms with Gasteiger partial charge < -0.3 is 5.32 Å². The molecule has 1 fully saturated rings. The molecule has 0 radical (unpaired) electrons. The van der Waals surface area contributed by atoms with Crippen LogP contribution in [0.5, 0.6) is 0 Å². The van der Waals surface area contributed by atoms with E-state index in [1.165, 1.54) is 37.7 Å². The van der Waals surface area contributed by atoms with Crippen LogP contribution in [0.4, 0.5) is 0 Å². The molecule has 19 heavy (non-hydrogen) atoms. The topological polar surface area (TPSA) is 12.0 Å². The molecule has 0 heterocycles. The highest BCUT2D eigenvalue weighted by atomic mass is 14.9. The average molecular weight is 259 g/mol. The van der Waals surface area contributed by atoms with Gasteiger partial charge >= 0.3 is 0 Å². The summed E-state index contributed by atoms with van der Waals surface area (Å²) in [6.45, 7) is 4.58. The highest BCUT2D eigenvalue weighted by Crippen LogP contribution is 2.32. The number of nitrogens with one attached hydrogen (secondary N) is 1. The Balaban J connectivity index is 1.97. The van der Waals surface area contributed by atoms with Crippen molar-refractivity contribution in [1.29, 1.82) is 0 Å². The van der Waals surface area contributed by atoms with E-state index in [4.69, 9.17) is 0 Å². The van der Waals surface area contributed by atoms with E-state index in [0.29, 0.717) is 12.0 Å². The first kappa shape index (κ1) is 14.6. The van der Waals surface area contributed by atoms with Crippen LogP contribution in [-0.4, -0.2) is 13.1 Å². The van der Waals surface area contributed by atoms with Crippen LogP contribution in [0.3, 0.4) is 0 Å². The lowest BCUT2D eigenvalue weighted by Gasteiger charge is -2.23. The fourth-order valence-electron chi connectivity index (χ4n) is 3.29. The molecule has 0 bridgehead atoms. The third-order valence-electron chi connectivity index (χ3n) is 4.69. The van der Waals surface area contributed by atoms with Gasteiger partial charge in [-0.05, 0) is 49.3 Å². The van der Waals surface area contributed by atoms with Crippen molar-refractivity contribution in [3.63, 3.8) is 0 Å². The molecule has 0 amide bonds. The van der Waals surface area contributed by atoms with Gasteiger partial charge in [0.25, 0.3) is 0 Å². The normalized spacial score (nSPS) is 18.7. The molecule has 1 aliphatic rings. The zero-order valence-corrected chi connectivity index (χ0v) is 12.8. The zero-order chi connectivity index (χ0) is 13.7. The van der Waals surface area contributed by atoms with E-state index in [9.17, 15) is 0 Å². The van der Waals surface area contributed by atoms with Gasteiger partial charge in [0.05, 0.1) is 0 Å². The van der Waals surface area contributed by atoms with Crippen molar-refractivity contribution in [3.05, 3.63) is 35.4 Å². The molecule has 0 aliphatic heterocycles. The molecule has 1 nitrogen and oxygen atoms in total. The van der Waals surface area contributed by atoms with Crippen LogP contribution in [0.15, 0.2) is 24.3 Å². The molecule has 1 aromatic carbocycles. The largest absolute Gasteiger partial charge is 0.316 e. The summed E-state index contributed by atoms with van der Waals surface area (Å²) in [5, 5.41) is 3.43. The van der Waals surface area contributed by atoms with Gasteiger partial charge in [-0.25, -0.2) is 0 Å². The van der Waals surface area contributed by atoms with Crippen molar-refractivity contribution >= 4 is 0 Å². The lowest BCUT2D eigenvalue weighted by atomic mass is 9.83. The van der Waals surface area contributed by atoms with Crippen LogP contribution in [-0.2, 0) is 6.42 Å². The maximum Gasteiger partial charge on any atom is 0.0127 e. The van der Waals surface area contributed by atoms with E-state index < -0.39 is 0 Å². The molecule has 0 spiro atoms. The molecule has 1 unspecified atom stereocenters. The SMILES string of the molecule is CNC(Cc1ccc(C2CCCCC2)cc1)C(C)C. The van der Waals surface area contributed by atoms with Crippen LogP contribution >= 0.6 is 0 Å². The quantitative estimate of drug-likeness (QED) is 0.819. The minimum atomic E-state index is 0.584. The number of hydrogen-bond acceptors (Lipinski definition) is 1. The summed E-state index contributed by atoms with van der Waals surface area (Å²) in [4.78, 5) is 0. The number of likely N-dealkylation sites (N-methyl/N-ethyl adjacent to an activating group) is 1. The molecule has 0 saturated heterocycles. The molecule has 1 saturated carbocycles. The van der Waals surface area contributed by atoms with Gasteiger partial charge in [-0.1, -0.05) is 57.4 Å². The monoisotopic (exact) mass is 259 g/mol. The molecule has 1 N–H and O–H groups in total. The summed E-state index contributed by atoms with van der Waals surface area (Å²) in [5.41, 5.74) is 3.03. The maximum absolute atomic E-state index is 3.43. The van der Waals surface area contributed by atoms with Crippen LogP contribution in [0, 0.1) is 5.92 Å². The highest BCUT2D eigenvalue weighted by Gasteiger charge is 2.16. The van der Waals surface area contributed by atoms with E-state index in [1.54, 1.807) is 5.56 Å². The Labute approximate surface area is 118 Å². The summed E-state index contributed by atoms with van der Waals surface area (Å²) >= 11 is 0. The van der Waals surface area contributed by atoms with Gasteiger partial charge in [-0.15, -0.1) is 0 Å². The van der Waals surface area contributed by atoms with Crippen molar-refractivity contribution in [2.75, 3.05) is 7.05 Å². The molecule has 1 aliphatic carbocycles. The van der Waals surface area contributed by atoms with Crippen molar-refractivity contribution in [2.24, 2.45) is 5.92 Å². The van der Waals surface area contributed by atoms with Crippen LogP contribution < -0.4 is 5.32 Å². The second-order valence-electron chi connectivity index (χ2n) is 6.42. The summed E-state index contributed by atoms with van der Waals surface area (Å²) < 4.78 is 0. The van der Waals surface area contributed by atoms with Gasteiger partial charge in [0.15, 0.2) is 0 Å². The van der Waals surface area contributed by atoms with Gasteiger partial charge in [0.2, 0.25) is 0 Å². The molecule has 0 aromatic heterocycles. The summed E-state index contributed by atoms with van der Waals surface area (Å²) in [5.74, 6) is 1.51. The minimum absolute atomic E-state index is 0.584. The Morgan fingerprint density at radius 3 is 2.21 bits per heavy atom. The molecule has 1 atom stereocenters. The zero-order valence-electron chi connectivity index (χ0n) is 12.8. The molecule has 1 aromatic rings. The van der Waals surface area contributed by atoms with E-state index in [-0.39, 0.29) is 0 Å². The Morgan fingerprint density at radius 1 is 1.05 bits per heavy atom. The molecule has 1 heteroatoms.